The van der Waals surface area contributed by atoms with Crippen LogP contribution < -0.4 is 0 Å². The van der Waals surface area contributed by atoms with Gasteiger partial charge in [-0.25, -0.2) is 0 Å². The second-order valence-corrected chi connectivity index (χ2v) is 5.08. The summed E-state index contributed by atoms with van der Waals surface area (Å²) in [7, 11) is 0. The fraction of sp³-hybridized carbons (Fsp3) is 0.429. The second-order valence-electron chi connectivity index (χ2n) is 4.52. The third-order valence-electron chi connectivity index (χ3n) is 3.19. The molecular weight excluding hydrogens is 296 g/mol. The van der Waals surface area contributed by atoms with Crippen molar-refractivity contribution in [1.82, 2.24) is 0 Å². The van der Waals surface area contributed by atoms with Gasteiger partial charge in [0.1, 0.15) is 0 Å². The summed E-state index contributed by atoms with van der Waals surface area (Å²) in [6, 6.07) is 6.85. The SMILES string of the molecule is CCCC(C)(C(=O)O)c1ccc(C(=O)CBr)cc1. The minimum absolute atomic E-state index is 0.00549. The van der Waals surface area contributed by atoms with Gasteiger partial charge in [0.25, 0.3) is 0 Å². The van der Waals surface area contributed by atoms with Gasteiger partial charge >= 0.3 is 5.97 Å². The van der Waals surface area contributed by atoms with Gasteiger partial charge in [0.2, 0.25) is 0 Å². The first kappa shape index (κ1) is 14.9. The Balaban J connectivity index is 3.09. The Kier molecular flexibility index (Phi) is 5.08. The molecule has 1 unspecified atom stereocenters. The van der Waals surface area contributed by atoms with E-state index < -0.39 is 11.4 Å². The van der Waals surface area contributed by atoms with Crippen LogP contribution in [-0.2, 0) is 10.2 Å². The molecule has 0 aliphatic carbocycles. The van der Waals surface area contributed by atoms with E-state index in [2.05, 4.69) is 15.9 Å². The molecule has 1 atom stereocenters. The minimum Gasteiger partial charge on any atom is -0.481 e. The zero-order valence-electron chi connectivity index (χ0n) is 10.6. The molecular formula is C14H17BrO3. The van der Waals surface area contributed by atoms with E-state index in [1.165, 1.54) is 0 Å². The number of carboxylic acids is 1. The smallest absolute Gasteiger partial charge is 0.313 e. The summed E-state index contributed by atoms with van der Waals surface area (Å²) in [6.07, 6.45) is 1.37. The lowest BCUT2D eigenvalue weighted by Crippen LogP contribution is -2.32. The van der Waals surface area contributed by atoms with Gasteiger partial charge in [-0.05, 0) is 18.9 Å². The molecule has 0 aliphatic heterocycles. The number of Topliss-reactive ketones (excluding diaryl/α,β-unsaturated/α-hetero) is 1. The van der Waals surface area contributed by atoms with E-state index in [1.807, 2.05) is 6.92 Å². The maximum Gasteiger partial charge on any atom is 0.313 e. The van der Waals surface area contributed by atoms with Crippen molar-refractivity contribution < 1.29 is 14.7 Å². The topological polar surface area (TPSA) is 54.4 Å². The average molecular weight is 313 g/mol. The summed E-state index contributed by atoms with van der Waals surface area (Å²) in [5, 5.41) is 9.64. The number of carboxylic acid groups (broad SMARTS) is 1. The average Bonchev–Trinajstić information content (AvgIpc) is 2.38. The number of alkyl halides is 1. The number of aliphatic carboxylic acids is 1. The third kappa shape index (κ3) is 2.99. The van der Waals surface area contributed by atoms with Crippen LogP contribution in [0, 0.1) is 0 Å². The quantitative estimate of drug-likeness (QED) is 0.647. The van der Waals surface area contributed by atoms with Gasteiger partial charge in [0.15, 0.2) is 5.78 Å². The van der Waals surface area contributed by atoms with Crippen molar-refractivity contribution in [2.24, 2.45) is 0 Å². The molecule has 0 aromatic heterocycles. The Morgan fingerprint density at radius 3 is 2.22 bits per heavy atom. The molecule has 3 nitrogen and oxygen atoms in total. The lowest BCUT2D eigenvalue weighted by Gasteiger charge is -2.24. The molecule has 1 N–H and O–H groups in total. The highest BCUT2D eigenvalue weighted by atomic mass is 79.9. The maximum atomic E-state index is 11.5. The van der Waals surface area contributed by atoms with E-state index in [-0.39, 0.29) is 11.1 Å². The zero-order valence-corrected chi connectivity index (χ0v) is 12.2. The van der Waals surface area contributed by atoms with Gasteiger partial charge in [-0.2, -0.15) is 0 Å². The Labute approximate surface area is 115 Å². The molecule has 0 fully saturated rings. The largest absolute Gasteiger partial charge is 0.481 e. The summed E-state index contributed by atoms with van der Waals surface area (Å²) >= 11 is 3.11. The predicted octanol–water partition coefficient (Wildman–Crippen LogP) is 3.41. The number of benzene rings is 1. The number of hydrogen-bond donors (Lipinski definition) is 1. The number of carbonyl (C=O) groups excluding carboxylic acids is 1. The van der Waals surface area contributed by atoms with Gasteiger partial charge in [0, 0.05) is 5.56 Å². The van der Waals surface area contributed by atoms with Gasteiger partial charge < -0.3 is 5.11 Å². The Morgan fingerprint density at radius 1 is 1.28 bits per heavy atom. The van der Waals surface area contributed by atoms with Crippen molar-refractivity contribution in [3.8, 4) is 0 Å². The molecule has 0 amide bonds. The molecule has 0 saturated carbocycles. The normalized spacial score (nSPS) is 13.9. The highest BCUT2D eigenvalue weighted by molar-refractivity contribution is 9.09. The fourth-order valence-corrected chi connectivity index (χ4v) is 2.30. The molecule has 0 heterocycles. The van der Waals surface area contributed by atoms with Crippen molar-refractivity contribution >= 4 is 27.7 Å². The molecule has 1 rings (SSSR count). The van der Waals surface area contributed by atoms with Crippen LogP contribution in [0.4, 0.5) is 0 Å². The first-order valence-electron chi connectivity index (χ1n) is 5.88. The summed E-state index contributed by atoms with van der Waals surface area (Å²) in [5.41, 5.74) is 0.452. The summed E-state index contributed by atoms with van der Waals surface area (Å²) < 4.78 is 0. The van der Waals surface area contributed by atoms with Crippen molar-refractivity contribution in [2.75, 3.05) is 5.33 Å². The molecule has 0 radical (unpaired) electrons. The van der Waals surface area contributed by atoms with Crippen LogP contribution in [0.3, 0.4) is 0 Å². The minimum atomic E-state index is -0.884. The van der Waals surface area contributed by atoms with Gasteiger partial charge in [-0.3, -0.25) is 9.59 Å². The van der Waals surface area contributed by atoms with Crippen LogP contribution in [0.25, 0.3) is 0 Å². The van der Waals surface area contributed by atoms with E-state index >= 15 is 0 Å². The number of ketones is 1. The lowest BCUT2D eigenvalue weighted by atomic mass is 9.78. The van der Waals surface area contributed by atoms with Crippen molar-refractivity contribution in [1.29, 1.82) is 0 Å². The van der Waals surface area contributed by atoms with Gasteiger partial charge in [-0.1, -0.05) is 53.5 Å². The molecule has 0 aliphatic rings. The molecule has 98 valence electrons. The first-order valence-corrected chi connectivity index (χ1v) is 7.01. The highest BCUT2D eigenvalue weighted by Gasteiger charge is 2.34. The standard InChI is InChI=1S/C14H17BrO3/c1-3-8-14(2,13(17)18)11-6-4-10(5-7-11)12(16)9-15/h4-7H,3,8-9H2,1-2H3,(H,17,18). The van der Waals surface area contributed by atoms with Crippen LogP contribution in [0.5, 0.6) is 0 Å². The Morgan fingerprint density at radius 2 is 1.83 bits per heavy atom. The molecule has 1 aromatic rings. The third-order valence-corrected chi connectivity index (χ3v) is 3.70. The van der Waals surface area contributed by atoms with Crippen molar-refractivity contribution in [3.63, 3.8) is 0 Å². The van der Waals surface area contributed by atoms with E-state index in [0.29, 0.717) is 12.0 Å². The van der Waals surface area contributed by atoms with E-state index in [9.17, 15) is 14.7 Å². The molecule has 0 bridgehead atoms. The molecule has 0 saturated heterocycles. The maximum absolute atomic E-state index is 11.5. The zero-order chi connectivity index (χ0) is 13.8. The summed E-state index contributed by atoms with van der Waals surface area (Å²) in [4.78, 5) is 22.9. The summed E-state index contributed by atoms with van der Waals surface area (Å²) in [5.74, 6) is -0.835. The Bertz CT molecular complexity index is 439. The van der Waals surface area contributed by atoms with Crippen molar-refractivity contribution in [2.45, 2.75) is 32.1 Å². The van der Waals surface area contributed by atoms with Crippen LogP contribution in [0.15, 0.2) is 24.3 Å². The molecule has 4 heteroatoms. The first-order chi connectivity index (χ1) is 8.45. The number of halogens is 1. The number of hydrogen-bond acceptors (Lipinski definition) is 2. The van der Waals surface area contributed by atoms with Crippen LogP contribution in [0.2, 0.25) is 0 Å². The highest BCUT2D eigenvalue weighted by Crippen LogP contribution is 2.29. The van der Waals surface area contributed by atoms with Crippen LogP contribution in [-0.4, -0.2) is 22.2 Å². The predicted molar refractivity (Wildman–Crippen MR) is 74.5 cm³/mol. The second kappa shape index (κ2) is 6.14. The Hall–Kier alpha value is -1.16. The fourth-order valence-electron chi connectivity index (χ4n) is 1.98. The van der Waals surface area contributed by atoms with E-state index in [4.69, 9.17) is 0 Å². The monoisotopic (exact) mass is 312 g/mol. The van der Waals surface area contributed by atoms with Crippen molar-refractivity contribution in [3.05, 3.63) is 35.4 Å². The van der Waals surface area contributed by atoms with Crippen LogP contribution >= 0.6 is 15.9 Å². The molecule has 18 heavy (non-hydrogen) atoms. The van der Waals surface area contributed by atoms with Crippen LogP contribution in [0.1, 0.15) is 42.6 Å². The van der Waals surface area contributed by atoms with E-state index in [0.717, 1.165) is 12.0 Å². The van der Waals surface area contributed by atoms with E-state index in [1.54, 1.807) is 31.2 Å². The van der Waals surface area contributed by atoms with Gasteiger partial charge in [0.05, 0.1) is 10.7 Å². The molecule has 1 aromatic carbocycles. The van der Waals surface area contributed by atoms with Gasteiger partial charge in [-0.15, -0.1) is 0 Å². The molecule has 0 spiro atoms. The summed E-state index contributed by atoms with van der Waals surface area (Å²) in [6.45, 7) is 3.68. The number of rotatable bonds is 6. The lowest BCUT2D eigenvalue weighted by molar-refractivity contribution is -0.143. The number of carbonyl (C=O) groups is 2.